The van der Waals surface area contributed by atoms with Crippen LogP contribution < -0.4 is 10.5 Å². The number of aryl methyl sites for hydroxylation is 1. The number of piperidine rings is 1. The average Bonchev–Trinajstić information content (AvgIpc) is 3.31. The van der Waals surface area contributed by atoms with Crippen molar-refractivity contribution in [3.8, 4) is 0 Å². The van der Waals surface area contributed by atoms with Crippen LogP contribution in [-0.2, 0) is 12.5 Å². The van der Waals surface area contributed by atoms with E-state index in [1.165, 1.54) is 0 Å². The minimum absolute atomic E-state index is 0.0406. The van der Waals surface area contributed by atoms with Crippen LogP contribution in [0.3, 0.4) is 0 Å². The second-order valence-electron chi connectivity index (χ2n) is 8.95. The molecule has 10 nitrogen and oxygen atoms in total. The van der Waals surface area contributed by atoms with Gasteiger partial charge in [0.05, 0.1) is 11.9 Å². The molecule has 0 bridgehead atoms. The summed E-state index contributed by atoms with van der Waals surface area (Å²) in [5, 5.41) is 18.2. The second kappa shape index (κ2) is 6.61. The largest absolute Gasteiger partial charge is 0.342 e. The summed E-state index contributed by atoms with van der Waals surface area (Å²) >= 11 is 0. The second-order valence-corrected chi connectivity index (χ2v) is 8.95. The van der Waals surface area contributed by atoms with Crippen LogP contribution in [0.25, 0.3) is 16.7 Å². The van der Waals surface area contributed by atoms with Crippen molar-refractivity contribution in [2.45, 2.75) is 44.9 Å². The van der Waals surface area contributed by atoms with E-state index in [0.717, 1.165) is 43.1 Å². The number of nitrogens with zero attached hydrogens (tertiary/aromatic N) is 8. The molecule has 0 atom stereocenters. The fraction of sp³-hybridized carbons (Fsp3) is 0.500. The lowest BCUT2D eigenvalue weighted by Gasteiger charge is -2.31. The van der Waals surface area contributed by atoms with Crippen molar-refractivity contribution in [3.05, 3.63) is 40.2 Å². The zero-order chi connectivity index (χ0) is 21.0. The van der Waals surface area contributed by atoms with Gasteiger partial charge in [-0.15, -0.1) is 10.2 Å². The van der Waals surface area contributed by atoms with E-state index in [-0.39, 0.29) is 16.9 Å². The normalized spacial score (nSPS) is 16.1. The molecule has 156 valence electrons. The molecule has 1 aliphatic rings. The van der Waals surface area contributed by atoms with Gasteiger partial charge >= 0.3 is 0 Å². The number of aromatic amines is 1. The number of H-pyrrole nitrogens is 1. The zero-order valence-corrected chi connectivity index (χ0v) is 17.6. The highest BCUT2D eigenvalue weighted by Gasteiger charge is 2.27. The van der Waals surface area contributed by atoms with E-state index in [1.54, 1.807) is 17.9 Å². The number of anilines is 1. The summed E-state index contributed by atoms with van der Waals surface area (Å²) in [6.45, 7) is 7.99. The number of hydrogen-bond donors (Lipinski definition) is 1. The Kier molecular flexibility index (Phi) is 4.12. The number of fused-ring (bicyclic) bond motifs is 2. The molecule has 30 heavy (non-hydrogen) atoms. The first-order valence-electron chi connectivity index (χ1n) is 10.2. The molecule has 4 aromatic rings. The van der Waals surface area contributed by atoms with Crippen molar-refractivity contribution >= 4 is 22.6 Å². The summed E-state index contributed by atoms with van der Waals surface area (Å²) in [6.07, 6.45) is 3.32. The summed E-state index contributed by atoms with van der Waals surface area (Å²) in [5.41, 5.74) is 2.18. The Bertz CT molecular complexity index is 1290. The van der Waals surface area contributed by atoms with Gasteiger partial charge in [0.15, 0.2) is 17.1 Å². The third kappa shape index (κ3) is 3.03. The van der Waals surface area contributed by atoms with E-state index >= 15 is 0 Å². The van der Waals surface area contributed by atoms with Crippen molar-refractivity contribution < 1.29 is 0 Å². The Balaban J connectivity index is 1.40. The third-order valence-electron chi connectivity index (χ3n) is 5.80. The Morgan fingerprint density at radius 1 is 1.13 bits per heavy atom. The van der Waals surface area contributed by atoms with E-state index in [1.807, 2.05) is 16.6 Å². The molecule has 0 unspecified atom stereocenters. The molecule has 0 aromatic carbocycles. The first kappa shape index (κ1) is 18.7. The molecule has 0 radical (unpaired) electrons. The lowest BCUT2D eigenvalue weighted by Crippen LogP contribution is -2.35. The third-order valence-corrected chi connectivity index (χ3v) is 5.80. The van der Waals surface area contributed by atoms with Gasteiger partial charge in [0, 0.05) is 31.5 Å². The van der Waals surface area contributed by atoms with Crippen molar-refractivity contribution in [3.63, 3.8) is 0 Å². The molecule has 0 saturated carbocycles. The maximum Gasteiger partial charge on any atom is 0.263 e. The summed E-state index contributed by atoms with van der Waals surface area (Å²) in [4.78, 5) is 22.0. The Morgan fingerprint density at radius 2 is 1.90 bits per heavy atom. The van der Waals surface area contributed by atoms with Crippen molar-refractivity contribution in [1.82, 2.24) is 39.6 Å². The topological polar surface area (TPSA) is 110 Å². The fourth-order valence-corrected chi connectivity index (χ4v) is 3.98. The molecule has 1 fully saturated rings. The van der Waals surface area contributed by atoms with Crippen molar-refractivity contribution in [2.75, 3.05) is 18.0 Å². The van der Waals surface area contributed by atoms with E-state index < -0.39 is 0 Å². The summed E-state index contributed by atoms with van der Waals surface area (Å²) in [6, 6.07) is 4.00. The number of nitrogens with one attached hydrogen (secondary N) is 1. The maximum atomic E-state index is 12.4. The quantitative estimate of drug-likeness (QED) is 0.539. The number of aromatic nitrogens is 8. The molecule has 5 rings (SSSR count). The minimum Gasteiger partial charge on any atom is -0.342 e. The van der Waals surface area contributed by atoms with Gasteiger partial charge in [-0.2, -0.15) is 19.7 Å². The van der Waals surface area contributed by atoms with Crippen molar-refractivity contribution in [2.24, 2.45) is 7.05 Å². The van der Waals surface area contributed by atoms with E-state index in [9.17, 15) is 4.79 Å². The molecular weight excluding hydrogens is 382 g/mol. The Labute approximate surface area is 172 Å². The lowest BCUT2D eigenvalue weighted by molar-refractivity contribution is 0.468. The van der Waals surface area contributed by atoms with Crippen LogP contribution in [0.1, 0.15) is 51.0 Å². The predicted octanol–water partition coefficient (Wildman–Crippen LogP) is 1.78. The first-order chi connectivity index (χ1) is 14.3. The minimum atomic E-state index is -0.160. The summed E-state index contributed by atoms with van der Waals surface area (Å²) in [5.74, 6) is 1.75. The van der Waals surface area contributed by atoms with Gasteiger partial charge < -0.3 is 4.90 Å². The van der Waals surface area contributed by atoms with Crippen LogP contribution in [0.2, 0.25) is 0 Å². The van der Waals surface area contributed by atoms with Gasteiger partial charge in [0.25, 0.3) is 5.56 Å². The number of rotatable bonds is 2. The first-order valence-corrected chi connectivity index (χ1v) is 10.2. The molecule has 0 amide bonds. The van der Waals surface area contributed by atoms with Crippen LogP contribution >= 0.6 is 0 Å². The molecule has 1 N–H and O–H groups in total. The summed E-state index contributed by atoms with van der Waals surface area (Å²) < 4.78 is 3.52. The van der Waals surface area contributed by atoms with Gasteiger partial charge in [-0.3, -0.25) is 14.5 Å². The molecule has 1 saturated heterocycles. The van der Waals surface area contributed by atoms with Gasteiger partial charge in [-0.05, 0) is 25.0 Å². The van der Waals surface area contributed by atoms with E-state index in [0.29, 0.717) is 17.0 Å². The molecule has 10 heteroatoms. The van der Waals surface area contributed by atoms with Gasteiger partial charge in [0.2, 0.25) is 5.95 Å². The zero-order valence-electron chi connectivity index (χ0n) is 17.6. The monoisotopic (exact) mass is 407 g/mol. The highest BCUT2D eigenvalue weighted by molar-refractivity contribution is 5.74. The molecule has 0 spiro atoms. The Morgan fingerprint density at radius 3 is 2.63 bits per heavy atom. The van der Waals surface area contributed by atoms with Gasteiger partial charge in [0.1, 0.15) is 5.39 Å². The Hall–Kier alpha value is -3.30. The SMILES string of the molecule is Cn1ncc2c(=O)[nH]c(N3CCC(c4nnc5ccc(C(C)(C)C)nn45)CC3)nc21. The van der Waals surface area contributed by atoms with Gasteiger partial charge in [-0.1, -0.05) is 20.8 Å². The van der Waals surface area contributed by atoms with Crippen LogP contribution in [0, 0.1) is 0 Å². The highest BCUT2D eigenvalue weighted by atomic mass is 16.1. The fourth-order valence-electron chi connectivity index (χ4n) is 3.98. The molecule has 5 heterocycles. The average molecular weight is 407 g/mol. The summed E-state index contributed by atoms with van der Waals surface area (Å²) in [7, 11) is 1.79. The van der Waals surface area contributed by atoms with Crippen molar-refractivity contribution in [1.29, 1.82) is 0 Å². The smallest absolute Gasteiger partial charge is 0.263 e. The van der Waals surface area contributed by atoms with Crippen LogP contribution in [0.15, 0.2) is 23.1 Å². The number of hydrogen-bond acceptors (Lipinski definition) is 7. The molecule has 0 aliphatic carbocycles. The molecular formula is C20H25N9O. The predicted molar refractivity (Wildman–Crippen MR) is 113 cm³/mol. The lowest BCUT2D eigenvalue weighted by atomic mass is 9.92. The standard InChI is InChI=1S/C20H25N9O/c1-20(2,3)14-5-6-15-24-25-16(29(15)26-14)12-7-9-28(10-8-12)19-22-17-13(18(30)23-19)11-21-27(17)4/h5-6,11-12H,7-10H2,1-4H3,(H,22,23,30). The van der Waals surface area contributed by atoms with Crippen LogP contribution in [0.5, 0.6) is 0 Å². The maximum absolute atomic E-state index is 12.4. The molecule has 4 aromatic heterocycles. The van der Waals surface area contributed by atoms with Crippen LogP contribution in [0.4, 0.5) is 5.95 Å². The van der Waals surface area contributed by atoms with Gasteiger partial charge in [-0.25, -0.2) is 0 Å². The van der Waals surface area contributed by atoms with E-state index in [4.69, 9.17) is 5.10 Å². The van der Waals surface area contributed by atoms with E-state index in [2.05, 4.69) is 50.9 Å². The van der Waals surface area contributed by atoms with Crippen LogP contribution in [-0.4, -0.2) is 52.6 Å². The highest BCUT2D eigenvalue weighted by Crippen LogP contribution is 2.29. The molecule has 1 aliphatic heterocycles.